The van der Waals surface area contributed by atoms with Crippen molar-refractivity contribution in [3.63, 3.8) is 0 Å². The molecule has 0 saturated carbocycles. The molecule has 0 saturated heterocycles. The van der Waals surface area contributed by atoms with Crippen LogP contribution in [0.2, 0.25) is 0 Å². The second-order valence-electron chi connectivity index (χ2n) is 5.78. The Bertz CT molecular complexity index is 885. The lowest BCUT2D eigenvalue weighted by molar-refractivity contribution is -0.124. The van der Waals surface area contributed by atoms with E-state index in [-0.39, 0.29) is 18.3 Å². The Balaban J connectivity index is 1.91. The number of imidazole rings is 1. The van der Waals surface area contributed by atoms with Crippen LogP contribution >= 0.6 is 0 Å². The van der Waals surface area contributed by atoms with Gasteiger partial charge in [0, 0.05) is 38.7 Å². The van der Waals surface area contributed by atoms with E-state index in [2.05, 4.69) is 15.4 Å². The van der Waals surface area contributed by atoms with Crippen LogP contribution in [-0.2, 0) is 23.1 Å². The highest BCUT2D eigenvalue weighted by atomic mass is 19.1. The highest BCUT2D eigenvalue weighted by molar-refractivity contribution is 5.78. The SMILES string of the molecule is COCC(=O)NCCn1ncc(-c2ccc(F)cc2)c1-c1nccn1C. The van der Waals surface area contributed by atoms with E-state index >= 15 is 0 Å². The van der Waals surface area contributed by atoms with Gasteiger partial charge in [0.2, 0.25) is 5.91 Å². The summed E-state index contributed by atoms with van der Waals surface area (Å²) < 4.78 is 21.7. The molecule has 0 atom stereocenters. The zero-order valence-corrected chi connectivity index (χ0v) is 14.6. The van der Waals surface area contributed by atoms with Crippen molar-refractivity contribution in [1.29, 1.82) is 0 Å². The lowest BCUT2D eigenvalue weighted by Gasteiger charge is -2.11. The van der Waals surface area contributed by atoms with Crippen molar-refractivity contribution in [2.24, 2.45) is 7.05 Å². The van der Waals surface area contributed by atoms with Crippen molar-refractivity contribution in [1.82, 2.24) is 24.6 Å². The molecule has 0 unspecified atom stereocenters. The summed E-state index contributed by atoms with van der Waals surface area (Å²) in [6.45, 7) is 0.898. The standard InChI is InChI=1S/C18H20FN5O2/c1-23-9-7-21-18(23)17-15(13-3-5-14(19)6-4-13)11-22-24(17)10-8-20-16(25)12-26-2/h3-7,9,11H,8,10,12H2,1-2H3,(H,20,25). The third kappa shape index (κ3) is 3.80. The van der Waals surface area contributed by atoms with E-state index in [1.54, 1.807) is 29.2 Å². The van der Waals surface area contributed by atoms with Crippen molar-refractivity contribution >= 4 is 5.91 Å². The molecule has 1 amide bonds. The van der Waals surface area contributed by atoms with Gasteiger partial charge in [-0.3, -0.25) is 9.48 Å². The highest BCUT2D eigenvalue weighted by Gasteiger charge is 2.18. The van der Waals surface area contributed by atoms with E-state index in [1.807, 2.05) is 17.8 Å². The molecule has 0 aliphatic carbocycles. The van der Waals surface area contributed by atoms with Gasteiger partial charge in [-0.15, -0.1) is 0 Å². The van der Waals surface area contributed by atoms with E-state index in [4.69, 9.17) is 4.74 Å². The molecule has 0 radical (unpaired) electrons. The highest BCUT2D eigenvalue weighted by Crippen LogP contribution is 2.31. The fourth-order valence-corrected chi connectivity index (χ4v) is 2.71. The average Bonchev–Trinajstić information content (AvgIpc) is 3.22. The predicted molar refractivity (Wildman–Crippen MR) is 94.7 cm³/mol. The Morgan fingerprint density at radius 1 is 1.31 bits per heavy atom. The smallest absolute Gasteiger partial charge is 0.246 e. The van der Waals surface area contributed by atoms with E-state index in [0.717, 1.165) is 22.6 Å². The Morgan fingerprint density at radius 3 is 2.73 bits per heavy atom. The molecule has 1 N–H and O–H groups in total. The second-order valence-corrected chi connectivity index (χ2v) is 5.78. The molecule has 136 valence electrons. The number of aromatic nitrogens is 4. The van der Waals surface area contributed by atoms with Crippen molar-refractivity contribution in [2.45, 2.75) is 6.54 Å². The number of halogens is 1. The Labute approximate surface area is 150 Å². The minimum absolute atomic E-state index is 0.0200. The molecular formula is C18H20FN5O2. The number of methoxy groups -OCH3 is 1. The first-order valence-electron chi connectivity index (χ1n) is 8.15. The zero-order valence-electron chi connectivity index (χ0n) is 14.6. The number of nitrogens with one attached hydrogen (secondary N) is 1. The average molecular weight is 357 g/mol. The van der Waals surface area contributed by atoms with Crippen LogP contribution in [0.5, 0.6) is 0 Å². The first-order chi connectivity index (χ1) is 12.6. The number of hydrogen-bond donors (Lipinski definition) is 1. The monoisotopic (exact) mass is 357 g/mol. The van der Waals surface area contributed by atoms with Crippen LogP contribution in [0.4, 0.5) is 4.39 Å². The quantitative estimate of drug-likeness (QED) is 0.700. The molecule has 0 spiro atoms. The summed E-state index contributed by atoms with van der Waals surface area (Å²) in [6.07, 6.45) is 5.29. The van der Waals surface area contributed by atoms with Gasteiger partial charge in [-0.05, 0) is 17.7 Å². The maximum atomic E-state index is 13.3. The number of amides is 1. The molecule has 0 bridgehead atoms. The maximum absolute atomic E-state index is 13.3. The summed E-state index contributed by atoms with van der Waals surface area (Å²) in [5.41, 5.74) is 2.51. The van der Waals surface area contributed by atoms with Crippen LogP contribution in [0.15, 0.2) is 42.9 Å². The molecule has 2 aromatic heterocycles. The van der Waals surface area contributed by atoms with Crippen molar-refractivity contribution in [3.05, 3.63) is 48.7 Å². The maximum Gasteiger partial charge on any atom is 0.246 e. The molecule has 7 nitrogen and oxygen atoms in total. The third-order valence-corrected chi connectivity index (χ3v) is 3.95. The number of carbonyl (C=O) groups excluding carboxylic acids is 1. The normalized spacial score (nSPS) is 10.9. The first-order valence-corrected chi connectivity index (χ1v) is 8.15. The molecule has 26 heavy (non-hydrogen) atoms. The number of benzene rings is 1. The van der Waals surface area contributed by atoms with Crippen LogP contribution in [0.25, 0.3) is 22.6 Å². The molecule has 0 aliphatic heterocycles. The fourth-order valence-electron chi connectivity index (χ4n) is 2.71. The predicted octanol–water partition coefficient (Wildman–Crippen LogP) is 1.85. The second kappa shape index (κ2) is 7.92. The fraction of sp³-hybridized carbons (Fsp3) is 0.278. The Hall–Kier alpha value is -3.00. The van der Waals surface area contributed by atoms with Crippen LogP contribution in [0.1, 0.15) is 0 Å². The third-order valence-electron chi connectivity index (χ3n) is 3.95. The molecule has 3 aromatic rings. The summed E-state index contributed by atoms with van der Waals surface area (Å²) in [5.74, 6) is 0.266. The van der Waals surface area contributed by atoms with Gasteiger partial charge < -0.3 is 14.6 Å². The largest absolute Gasteiger partial charge is 0.375 e. The van der Waals surface area contributed by atoms with Crippen LogP contribution in [0.3, 0.4) is 0 Å². The van der Waals surface area contributed by atoms with Gasteiger partial charge in [0.1, 0.15) is 18.1 Å². The number of aryl methyl sites for hydroxylation is 1. The molecule has 1 aromatic carbocycles. The van der Waals surface area contributed by atoms with Crippen molar-refractivity contribution in [3.8, 4) is 22.6 Å². The summed E-state index contributed by atoms with van der Waals surface area (Å²) in [5, 5.41) is 7.22. The van der Waals surface area contributed by atoms with Crippen molar-refractivity contribution < 1.29 is 13.9 Å². The van der Waals surface area contributed by atoms with Gasteiger partial charge in [0.25, 0.3) is 0 Å². The summed E-state index contributed by atoms with van der Waals surface area (Å²) >= 11 is 0. The van der Waals surface area contributed by atoms with E-state index in [1.165, 1.54) is 19.2 Å². The van der Waals surface area contributed by atoms with Gasteiger partial charge in [-0.25, -0.2) is 9.37 Å². The molecule has 0 fully saturated rings. The lowest BCUT2D eigenvalue weighted by Crippen LogP contribution is -2.30. The van der Waals surface area contributed by atoms with Gasteiger partial charge in [-0.2, -0.15) is 5.10 Å². The number of nitrogens with zero attached hydrogens (tertiary/aromatic N) is 4. The summed E-state index contributed by atoms with van der Waals surface area (Å²) in [7, 11) is 3.37. The Kier molecular flexibility index (Phi) is 5.43. The van der Waals surface area contributed by atoms with Gasteiger partial charge in [0.05, 0.1) is 12.7 Å². The molecule has 8 heteroatoms. The van der Waals surface area contributed by atoms with E-state index < -0.39 is 0 Å². The summed E-state index contributed by atoms with van der Waals surface area (Å²) in [4.78, 5) is 16.0. The van der Waals surface area contributed by atoms with Crippen LogP contribution < -0.4 is 5.32 Å². The number of carbonyl (C=O) groups is 1. The molecule has 3 rings (SSSR count). The van der Waals surface area contributed by atoms with Gasteiger partial charge >= 0.3 is 0 Å². The van der Waals surface area contributed by atoms with Crippen LogP contribution in [0, 0.1) is 5.82 Å². The van der Waals surface area contributed by atoms with Crippen molar-refractivity contribution in [2.75, 3.05) is 20.3 Å². The molecule has 2 heterocycles. The minimum atomic E-state index is -0.291. The van der Waals surface area contributed by atoms with Crippen LogP contribution in [-0.4, -0.2) is 45.5 Å². The minimum Gasteiger partial charge on any atom is -0.375 e. The first kappa shape index (κ1) is 17.8. The zero-order chi connectivity index (χ0) is 18.5. The number of hydrogen-bond acceptors (Lipinski definition) is 4. The van der Waals surface area contributed by atoms with Gasteiger partial charge in [0.15, 0.2) is 5.82 Å². The number of rotatable bonds is 7. The van der Waals surface area contributed by atoms with E-state index in [9.17, 15) is 9.18 Å². The topological polar surface area (TPSA) is 74.0 Å². The summed E-state index contributed by atoms with van der Waals surface area (Å²) in [6, 6.07) is 6.26. The number of ether oxygens (including phenoxy) is 1. The van der Waals surface area contributed by atoms with Gasteiger partial charge in [-0.1, -0.05) is 12.1 Å². The molecular weight excluding hydrogens is 337 g/mol. The molecule has 0 aliphatic rings. The van der Waals surface area contributed by atoms with E-state index in [0.29, 0.717) is 13.1 Å². The Morgan fingerprint density at radius 2 is 2.08 bits per heavy atom. The lowest BCUT2D eigenvalue weighted by atomic mass is 10.1.